The number of aromatic nitrogens is 2. The Morgan fingerprint density at radius 1 is 1.14 bits per heavy atom. The molecule has 0 bridgehead atoms. The third kappa shape index (κ3) is 3.65. The van der Waals surface area contributed by atoms with Crippen LogP contribution in [-0.4, -0.2) is 28.3 Å². The molecule has 2 aromatic carbocycles. The Kier molecular flexibility index (Phi) is 5.15. The molecule has 1 heterocycles. The second-order valence-corrected chi connectivity index (χ2v) is 7.01. The summed E-state index contributed by atoms with van der Waals surface area (Å²) in [5.41, 5.74) is 3.75. The SMILES string of the molecule is CCOc1ccc([C@@H]2C[C@H]2NC(=O)c2cnn(CC)c2-c2ccccc2)cc1. The highest BCUT2D eigenvalue weighted by Gasteiger charge is 2.40. The number of carbonyl (C=O) groups excluding carboxylic acids is 1. The van der Waals surface area contributed by atoms with Gasteiger partial charge in [0.1, 0.15) is 5.75 Å². The predicted octanol–water partition coefficient (Wildman–Crippen LogP) is 4.25. The number of amides is 1. The first-order chi connectivity index (χ1) is 13.7. The average molecular weight is 375 g/mol. The number of aryl methyl sites for hydroxylation is 1. The summed E-state index contributed by atoms with van der Waals surface area (Å²) < 4.78 is 7.38. The van der Waals surface area contributed by atoms with E-state index in [-0.39, 0.29) is 11.9 Å². The van der Waals surface area contributed by atoms with Gasteiger partial charge in [-0.25, -0.2) is 0 Å². The number of benzene rings is 2. The number of nitrogens with zero attached hydrogens (tertiary/aromatic N) is 2. The van der Waals surface area contributed by atoms with Crippen LogP contribution in [0.25, 0.3) is 11.3 Å². The van der Waals surface area contributed by atoms with E-state index in [2.05, 4.69) is 22.5 Å². The van der Waals surface area contributed by atoms with Crippen molar-refractivity contribution in [1.29, 1.82) is 0 Å². The maximum absolute atomic E-state index is 13.0. The van der Waals surface area contributed by atoms with E-state index in [0.29, 0.717) is 18.1 Å². The minimum Gasteiger partial charge on any atom is -0.494 e. The summed E-state index contributed by atoms with van der Waals surface area (Å²) in [6.07, 6.45) is 2.64. The van der Waals surface area contributed by atoms with Gasteiger partial charge in [0.05, 0.1) is 24.1 Å². The van der Waals surface area contributed by atoms with Gasteiger partial charge in [-0.15, -0.1) is 0 Å². The third-order valence-electron chi connectivity index (χ3n) is 5.16. The summed E-state index contributed by atoms with van der Waals surface area (Å²) in [5, 5.41) is 7.59. The van der Waals surface area contributed by atoms with Gasteiger partial charge in [-0.05, 0) is 38.0 Å². The third-order valence-corrected chi connectivity index (χ3v) is 5.16. The standard InChI is InChI=1S/C23H25N3O2/c1-3-26-22(17-8-6-5-7-9-17)20(15-24-26)23(27)25-21-14-19(21)16-10-12-18(13-11-16)28-4-2/h5-13,15,19,21H,3-4,14H2,1-2H3,(H,25,27)/t19-,21+/m0/s1. The van der Waals surface area contributed by atoms with E-state index in [9.17, 15) is 4.79 Å². The Balaban J connectivity index is 1.47. The maximum atomic E-state index is 13.0. The Bertz CT molecular complexity index is 948. The van der Waals surface area contributed by atoms with E-state index < -0.39 is 0 Å². The van der Waals surface area contributed by atoms with Crippen LogP contribution in [0.3, 0.4) is 0 Å². The van der Waals surface area contributed by atoms with Crippen LogP contribution in [0, 0.1) is 0 Å². The number of hydrogen-bond acceptors (Lipinski definition) is 3. The van der Waals surface area contributed by atoms with Crippen molar-refractivity contribution in [3.63, 3.8) is 0 Å². The molecule has 1 N–H and O–H groups in total. The summed E-state index contributed by atoms with van der Waals surface area (Å²) in [6, 6.07) is 18.3. The number of ether oxygens (including phenoxy) is 1. The molecule has 5 nitrogen and oxygen atoms in total. The lowest BCUT2D eigenvalue weighted by Crippen LogP contribution is -2.27. The fourth-order valence-corrected chi connectivity index (χ4v) is 3.64. The summed E-state index contributed by atoms with van der Waals surface area (Å²) in [5.74, 6) is 1.19. The summed E-state index contributed by atoms with van der Waals surface area (Å²) in [4.78, 5) is 13.0. The van der Waals surface area contributed by atoms with Gasteiger partial charge in [0.25, 0.3) is 5.91 Å². The molecular formula is C23H25N3O2. The second kappa shape index (κ2) is 7.89. The quantitative estimate of drug-likeness (QED) is 0.671. The van der Waals surface area contributed by atoms with Crippen molar-refractivity contribution in [1.82, 2.24) is 15.1 Å². The molecule has 0 unspecified atom stereocenters. The van der Waals surface area contributed by atoms with Gasteiger partial charge >= 0.3 is 0 Å². The van der Waals surface area contributed by atoms with Crippen LogP contribution < -0.4 is 10.1 Å². The number of rotatable bonds is 7. The molecule has 4 rings (SSSR count). The first kappa shape index (κ1) is 18.3. The van der Waals surface area contributed by atoms with E-state index in [1.165, 1.54) is 5.56 Å². The van der Waals surface area contributed by atoms with Gasteiger partial charge < -0.3 is 10.1 Å². The summed E-state index contributed by atoms with van der Waals surface area (Å²) in [7, 11) is 0. The van der Waals surface area contributed by atoms with Crippen molar-refractivity contribution in [2.45, 2.75) is 38.8 Å². The lowest BCUT2D eigenvalue weighted by molar-refractivity contribution is 0.0951. The molecule has 1 amide bonds. The van der Waals surface area contributed by atoms with Crippen LogP contribution in [0.5, 0.6) is 5.75 Å². The highest BCUT2D eigenvalue weighted by molar-refractivity contribution is 6.00. The molecule has 1 fully saturated rings. The van der Waals surface area contributed by atoms with Crippen molar-refractivity contribution in [2.24, 2.45) is 0 Å². The van der Waals surface area contributed by atoms with Gasteiger partial charge in [-0.3, -0.25) is 9.48 Å². The molecule has 0 radical (unpaired) electrons. The maximum Gasteiger partial charge on any atom is 0.255 e. The Hall–Kier alpha value is -3.08. The van der Waals surface area contributed by atoms with Crippen molar-refractivity contribution in [3.8, 4) is 17.0 Å². The van der Waals surface area contributed by atoms with E-state index in [4.69, 9.17) is 4.74 Å². The van der Waals surface area contributed by atoms with Gasteiger partial charge in [-0.1, -0.05) is 42.5 Å². The van der Waals surface area contributed by atoms with Gasteiger partial charge in [0.15, 0.2) is 0 Å². The van der Waals surface area contributed by atoms with Crippen molar-refractivity contribution in [2.75, 3.05) is 6.61 Å². The fourth-order valence-electron chi connectivity index (χ4n) is 3.64. The second-order valence-electron chi connectivity index (χ2n) is 7.01. The highest BCUT2D eigenvalue weighted by Crippen LogP contribution is 2.41. The molecule has 28 heavy (non-hydrogen) atoms. The molecule has 3 aromatic rings. The van der Waals surface area contributed by atoms with Crippen LogP contribution in [0.2, 0.25) is 0 Å². The molecule has 0 spiro atoms. The predicted molar refractivity (Wildman–Crippen MR) is 110 cm³/mol. The monoisotopic (exact) mass is 375 g/mol. The van der Waals surface area contributed by atoms with E-state index in [0.717, 1.165) is 30.0 Å². The molecular weight excluding hydrogens is 350 g/mol. The van der Waals surface area contributed by atoms with Gasteiger partial charge in [-0.2, -0.15) is 5.10 Å². The highest BCUT2D eigenvalue weighted by atomic mass is 16.5. The smallest absolute Gasteiger partial charge is 0.255 e. The van der Waals surface area contributed by atoms with Crippen molar-refractivity contribution >= 4 is 5.91 Å². The molecule has 144 valence electrons. The summed E-state index contributed by atoms with van der Waals surface area (Å²) >= 11 is 0. The molecule has 1 saturated carbocycles. The fraction of sp³-hybridized carbons (Fsp3) is 0.304. The zero-order valence-corrected chi connectivity index (χ0v) is 16.3. The molecule has 0 saturated heterocycles. The molecule has 5 heteroatoms. The molecule has 2 atom stereocenters. The van der Waals surface area contributed by atoms with Crippen LogP contribution in [0.1, 0.15) is 42.1 Å². The van der Waals surface area contributed by atoms with E-state index in [1.54, 1.807) is 6.20 Å². The van der Waals surface area contributed by atoms with E-state index in [1.807, 2.05) is 61.0 Å². The number of nitrogens with one attached hydrogen (secondary N) is 1. The number of carbonyl (C=O) groups is 1. The first-order valence-corrected chi connectivity index (χ1v) is 9.86. The zero-order valence-electron chi connectivity index (χ0n) is 16.3. The van der Waals surface area contributed by atoms with Gasteiger partial charge in [0, 0.05) is 24.1 Å². The first-order valence-electron chi connectivity index (χ1n) is 9.86. The minimum absolute atomic E-state index is 0.0583. The Morgan fingerprint density at radius 2 is 1.89 bits per heavy atom. The Labute approximate surface area is 165 Å². The molecule has 1 aliphatic carbocycles. The van der Waals surface area contributed by atoms with Crippen LogP contribution in [0.15, 0.2) is 60.8 Å². The molecule has 1 aromatic heterocycles. The summed E-state index contributed by atoms with van der Waals surface area (Å²) in [6.45, 7) is 5.39. The van der Waals surface area contributed by atoms with Gasteiger partial charge in [0.2, 0.25) is 0 Å². The lowest BCUT2D eigenvalue weighted by Gasteiger charge is -2.09. The average Bonchev–Trinajstić information content (AvgIpc) is 3.35. The minimum atomic E-state index is -0.0583. The van der Waals surface area contributed by atoms with E-state index >= 15 is 0 Å². The van der Waals surface area contributed by atoms with Crippen molar-refractivity contribution < 1.29 is 9.53 Å². The normalized spacial score (nSPS) is 17.9. The zero-order chi connectivity index (χ0) is 19.5. The van der Waals surface area contributed by atoms with Crippen LogP contribution >= 0.6 is 0 Å². The topological polar surface area (TPSA) is 56.1 Å². The van der Waals surface area contributed by atoms with Crippen LogP contribution in [-0.2, 0) is 6.54 Å². The van der Waals surface area contributed by atoms with Crippen molar-refractivity contribution in [3.05, 3.63) is 71.9 Å². The molecule has 0 aliphatic heterocycles. The largest absolute Gasteiger partial charge is 0.494 e. The Morgan fingerprint density at radius 3 is 2.57 bits per heavy atom. The lowest BCUT2D eigenvalue weighted by atomic mass is 10.1. The number of hydrogen-bond donors (Lipinski definition) is 1. The van der Waals surface area contributed by atoms with Crippen LogP contribution in [0.4, 0.5) is 0 Å². The molecule has 1 aliphatic rings.